The first-order valence-corrected chi connectivity index (χ1v) is 5.68. The number of halogens is 4. The molecule has 0 aliphatic carbocycles. The number of hydrogen-bond acceptors (Lipinski definition) is 3. The summed E-state index contributed by atoms with van der Waals surface area (Å²) in [5.74, 6) is -4.20. The maximum atomic E-state index is 13.7. The molecule has 1 aliphatic heterocycles. The van der Waals surface area contributed by atoms with Gasteiger partial charge in [0, 0.05) is 11.3 Å². The van der Waals surface area contributed by atoms with E-state index in [4.69, 9.17) is 9.47 Å². The van der Waals surface area contributed by atoms with Crippen LogP contribution in [0.25, 0.3) is 0 Å². The third-order valence-electron chi connectivity index (χ3n) is 2.81. The van der Waals surface area contributed by atoms with Crippen molar-refractivity contribution in [3.05, 3.63) is 29.6 Å². The minimum atomic E-state index is -5.02. The Kier molecular flexibility index (Phi) is 3.70. The number of ether oxygens (including phenoxy) is 2. The van der Waals surface area contributed by atoms with Crippen LogP contribution < -0.4 is 5.32 Å². The number of benzene rings is 1. The molecule has 0 aromatic heterocycles. The SMILES string of the molecule is CC1(c2cc(NC(=O)C(F)(F)F)ccc2F)OCCO1. The molecule has 2 rings (SSSR count). The molecule has 0 saturated carbocycles. The molecule has 0 atom stereocenters. The van der Waals surface area contributed by atoms with Gasteiger partial charge in [-0.1, -0.05) is 0 Å². The van der Waals surface area contributed by atoms with Gasteiger partial charge in [-0.2, -0.15) is 13.2 Å². The monoisotopic (exact) mass is 293 g/mol. The van der Waals surface area contributed by atoms with Crippen molar-refractivity contribution in [1.82, 2.24) is 0 Å². The van der Waals surface area contributed by atoms with Crippen LogP contribution in [0.15, 0.2) is 18.2 Å². The van der Waals surface area contributed by atoms with Crippen molar-refractivity contribution < 1.29 is 31.8 Å². The number of nitrogens with one attached hydrogen (secondary N) is 1. The Morgan fingerprint density at radius 1 is 1.30 bits per heavy atom. The third kappa shape index (κ3) is 2.91. The van der Waals surface area contributed by atoms with E-state index in [0.29, 0.717) is 0 Å². The van der Waals surface area contributed by atoms with Crippen LogP contribution in [-0.4, -0.2) is 25.3 Å². The minimum Gasteiger partial charge on any atom is -0.344 e. The number of hydrogen-bond donors (Lipinski definition) is 1. The van der Waals surface area contributed by atoms with Crippen LogP contribution in [0.1, 0.15) is 12.5 Å². The zero-order valence-electron chi connectivity index (χ0n) is 10.4. The lowest BCUT2D eigenvalue weighted by molar-refractivity contribution is -0.167. The molecule has 1 N–H and O–H groups in total. The number of rotatable bonds is 2. The van der Waals surface area contributed by atoms with Crippen molar-refractivity contribution in [3.8, 4) is 0 Å². The minimum absolute atomic E-state index is 0.0741. The first-order chi connectivity index (χ1) is 9.22. The van der Waals surface area contributed by atoms with Crippen molar-refractivity contribution in [1.29, 1.82) is 0 Å². The molecule has 1 fully saturated rings. The molecule has 20 heavy (non-hydrogen) atoms. The van der Waals surface area contributed by atoms with E-state index in [2.05, 4.69) is 0 Å². The second-order valence-electron chi connectivity index (χ2n) is 4.29. The fourth-order valence-corrected chi connectivity index (χ4v) is 1.82. The Balaban J connectivity index is 2.27. The molecular weight excluding hydrogens is 282 g/mol. The molecule has 1 heterocycles. The van der Waals surface area contributed by atoms with Crippen LogP contribution >= 0.6 is 0 Å². The number of carbonyl (C=O) groups is 1. The molecule has 0 spiro atoms. The Hall–Kier alpha value is -1.67. The van der Waals surface area contributed by atoms with E-state index in [1.54, 1.807) is 5.32 Å². The van der Waals surface area contributed by atoms with Gasteiger partial charge in [-0.25, -0.2) is 4.39 Å². The van der Waals surface area contributed by atoms with E-state index < -0.39 is 23.7 Å². The Labute approximate surface area is 111 Å². The molecular formula is C12H11F4NO3. The van der Waals surface area contributed by atoms with Gasteiger partial charge >= 0.3 is 12.1 Å². The van der Waals surface area contributed by atoms with Crippen molar-refractivity contribution in [2.75, 3.05) is 18.5 Å². The summed E-state index contributed by atoms with van der Waals surface area (Å²) in [5.41, 5.74) is -0.265. The van der Waals surface area contributed by atoms with E-state index in [9.17, 15) is 22.4 Å². The average molecular weight is 293 g/mol. The molecule has 1 aliphatic rings. The standard InChI is InChI=1S/C12H11F4NO3/c1-11(19-4-5-20-11)8-6-7(2-3-9(8)13)17-10(18)12(14,15)16/h2-3,6H,4-5H2,1H3,(H,17,18). The van der Waals surface area contributed by atoms with E-state index in [-0.39, 0.29) is 24.5 Å². The normalized spacial score (nSPS) is 18.1. The quantitative estimate of drug-likeness (QED) is 0.852. The summed E-state index contributed by atoms with van der Waals surface area (Å²) in [4.78, 5) is 10.8. The molecule has 1 aromatic carbocycles. The van der Waals surface area contributed by atoms with E-state index in [1.807, 2.05) is 0 Å². The zero-order valence-corrected chi connectivity index (χ0v) is 10.4. The number of anilines is 1. The van der Waals surface area contributed by atoms with Gasteiger partial charge in [-0.3, -0.25) is 4.79 Å². The highest BCUT2D eigenvalue weighted by Gasteiger charge is 2.39. The van der Waals surface area contributed by atoms with Gasteiger partial charge in [0.05, 0.1) is 13.2 Å². The summed E-state index contributed by atoms with van der Waals surface area (Å²) in [5, 5.41) is 1.65. The van der Waals surface area contributed by atoms with Crippen LogP contribution in [-0.2, 0) is 20.1 Å². The number of carbonyl (C=O) groups excluding carboxylic acids is 1. The van der Waals surface area contributed by atoms with Crippen LogP contribution in [0.5, 0.6) is 0 Å². The lowest BCUT2D eigenvalue weighted by Gasteiger charge is -2.23. The fourth-order valence-electron chi connectivity index (χ4n) is 1.82. The smallest absolute Gasteiger partial charge is 0.344 e. The highest BCUT2D eigenvalue weighted by atomic mass is 19.4. The Morgan fingerprint density at radius 3 is 2.45 bits per heavy atom. The molecule has 0 unspecified atom stereocenters. The van der Waals surface area contributed by atoms with Crippen molar-refractivity contribution >= 4 is 11.6 Å². The second-order valence-corrected chi connectivity index (χ2v) is 4.29. The molecule has 0 radical (unpaired) electrons. The van der Waals surface area contributed by atoms with Gasteiger partial charge in [0.15, 0.2) is 5.79 Å². The van der Waals surface area contributed by atoms with E-state index in [1.165, 1.54) is 6.92 Å². The number of amides is 1. The first kappa shape index (κ1) is 14.7. The summed E-state index contributed by atoms with van der Waals surface area (Å²) >= 11 is 0. The Morgan fingerprint density at radius 2 is 1.90 bits per heavy atom. The maximum Gasteiger partial charge on any atom is 0.471 e. The molecule has 1 aromatic rings. The van der Waals surface area contributed by atoms with Gasteiger partial charge in [0.1, 0.15) is 5.82 Å². The van der Waals surface area contributed by atoms with E-state index in [0.717, 1.165) is 18.2 Å². The van der Waals surface area contributed by atoms with E-state index >= 15 is 0 Å². The molecule has 110 valence electrons. The summed E-state index contributed by atoms with van der Waals surface area (Å²) in [6, 6.07) is 3.03. The van der Waals surface area contributed by atoms with Gasteiger partial charge in [-0.15, -0.1) is 0 Å². The molecule has 1 amide bonds. The second kappa shape index (κ2) is 5.02. The largest absolute Gasteiger partial charge is 0.471 e. The van der Waals surface area contributed by atoms with Crippen LogP contribution in [0, 0.1) is 5.82 Å². The predicted octanol–water partition coefficient (Wildman–Crippen LogP) is 2.55. The zero-order chi connectivity index (χ0) is 15.0. The van der Waals surface area contributed by atoms with Crippen molar-refractivity contribution in [3.63, 3.8) is 0 Å². The summed E-state index contributed by atoms with van der Waals surface area (Å²) in [6.45, 7) is 1.94. The van der Waals surface area contributed by atoms with Crippen molar-refractivity contribution in [2.45, 2.75) is 18.9 Å². The number of alkyl halides is 3. The summed E-state index contributed by atoms with van der Waals surface area (Å²) in [7, 11) is 0. The van der Waals surface area contributed by atoms with Gasteiger partial charge in [-0.05, 0) is 25.1 Å². The highest BCUT2D eigenvalue weighted by Crippen LogP contribution is 2.34. The predicted molar refractivity (Wildman–Crippen MR) is 60.3 cm³/mol. The molecule has 1 saturated heterocycles. The molecule has 4 nitrogen and oxygen atoms in total. The third-order valence-corrected chi connectivity index (χ3v) is 2.81. The lowest BCUT2D eigenvalue weighted by Crippen LogP contribution is -2.30. The highest BCUT2D eigenvalue weighted by molar-refractivity contribution is 5.94. The van der Waals surface area contributed by atoms with Crippen LogP contribution in [0.2, 0.25) is 0 Å². The van der Waals surface area contributed by atoms with Gasteiger partial charge in [0.25, 0.3) is 0 Å². The van der Waals surface area contributed by atoms with Crippen LogP contribution in [0.4, 0.5) is 23.2 Å². The van der Waals surface area contributed by atoms with Crippen molar-refractivity contribution in [2.24, 2.45) is 0 Å². The van der Waals surface area contributed by atoms with Gasteiger partial charge < -0.3 is 14.8 Å². The molecule has 0 bridgehead atoms. The summed E-state index contributed by atoms with van der Waals surface area (Å²) in [6.07, 6.45) is -5.02. The molecule has 8 heteroatoms. The topological polar surface area (TPSA) is 47.6 Å². The fraction of sp³-hybridized carbons (Fsp3) is 0.417. The lowest BCUT2D eigenvalue weighted by atomic mass is 10.1. The maximum absolute atomic E-state index is 13.7. The average Bonchev–Trinajstić information content (AvgIpc) is 2.78. The van der Waals surface area contributed by atoms with Gasteiger partial charge in [0.2, 0.25) is 0 Å². The first-order valence-electron chi connectivity index (χ1n) is 5.68. The summed E-state index contributed by atoms with van der Waals surface area (Å²) < 4.78 is 60.7. The van der Waals surface area contributed by atoms with Crippen LogP contribution in [0.3, 0.4) is 0 Å². The Bertz CT molecular complexity index is 524.